The molecule has 2 nitrogen and oxygen atoms in total. The van der Waals surface area contributed by atoms with E-state index in [9.17, 15) is 0 Å². The summed E-state index contributed by atoms with van der Waals surface area (Å²) in [5.41, 5.74) is 2.28. The number of furan rings is 1. The number of aryl methyl sites for hydroxylation is 1. The maximum Gasteiger partial charge on any atom is 0.134 e. The molecule has 1 aromatic carbocycles. The van der Waals surface area contributed by atoms with Crippen molar-refractivity contribution < 1.29 is 4.42 Å². The van der Waals surface area contributed by atoms with Crippen LogP contribution in [0.1, 0.15) is 44.9 Å². The minimum Gasteiger partial charge on any atom is -0.461 e. The fourth-order valence-corrected chi connectivity index (χ4v) is 2.29. The Kier molecular flexibility index (Phi) is 4.31. The number of benzene rings is 1. The Labute approximate surface area is 116 Å². The molecule has 2 rings (SSSR count). The molecule has 1 aromatic heterocycles. The molecule has 0 saturated carbocycles. The molecule has 0 bridgehead atoms. The highest BCUT2D eigenvalue weighted by molar-refractivity contribution is 5.78. The first-order valence-electron chi connectivity index (χ1n) is 7.21. The summed E-state index contributed by atoms with van der Waals surface area (Å²) < 4.78 is 5.98. The lowest BCUT2D eigenvalue weighted by Crippen LogP contribution is -2.29. The van der Waals surface area contributed by atoms with Gasteiger partial charge in [0.15, 0.2) is 0 Å². The second-order valence-electron chi connectivity index (χ2n) is 6.02. The highest BCUT2D eigenvalue weighted by Gasteiger charge is 2.18. The molecule has 0 aliphatic rings. The van der Waals surface area contributed by atoms with Crippen LogP contribution in [0.2, 0.25) is 0 Å². The van der Waals surface area contributed by atoms with Gasteiger partial charge in [-0.25, -0.2) is 0 Å². The van der Waals surface area contributed by atoms with E-state index >= 15 is 0 Å². The first-order chi connectivity index (χ1) is 8.97. The van der Waals surface area contributed by atoms with Crippen molar-refractivity contribution in [2.45, 2.75) is 46.6 Å². The molecule has 0 fully saturated rings. The number of hydrogen-bond acceptors (Lipinski definition) is 2. The topological polar surface area (TPSA) is 25.2 Å². The molecule has 0 aliphatic carbocycles. The Morgan fingerprint density at radius 1 is 1.11 bits per heavy atom. The fourth-order valence-electron chi connectivity index (χ4n) is 2.29. The van der Waals surface area contributed by atoms with Gasteiger partial charge in [-0.3, -0.25) is 0 Å². The second-order valence-corrected chi connectivity index (χ2v) is 6.02. The Balaban J connectivity index is 2.14. The van der Waals surface area contributed by atoms with Crippen molar-refractivity contribution in [3.05, 3.63) is 35.6 Å². The summed E-state index contributed by atoms with van der Waals surface area (Å²) in [6, 6.07) is 9.08. The maximum absolute atomic E-state index is 5.98. The molecule has 104 valence electrons. The molecule has 0 saturated heterocycles. The van der Waals surface area contributed by atoms with Crippen LogP contribution in [0.5, 0.6) is 0 Å². The van der Waals surface area contributed by atoms with Gasteiger partial charge in [0.2, 0.25) is 0 Å². The summed E-state index contributed by atoms with van der Waals surface area (Å²) in [5, 5.41) is 4.71. The zero-order valence-corrected chi connectivity index (χ0v) is 12.7. The zero-order valence-electron chi connectivity index (χ0n) is 12.7. The van der Waals surface area contributed by atoms with Gasteiger partial charge in [-0.15, -0.1) is 0 Å². The van der Waals surface area contributed by atoms with Gasteiger partial charge < -0.3 is 9.73 Å². The van der Waals surface area contributed by atoms with Crippen molar-refractivity contribution in [1.29, 1.82) is 0 Å². The third-order valence-electron chi connectivity index (χ3n) is 3.84. The monoisotopic (exact) mass is 259 g/mol. The van der Waals surface area contributed by atoms with Gasteiger partial charge in [0, 0.05) is 17.3 Å². The quantitative estimate of drug-likeness (QED) is 0.856. The highest BCUT2D eigenvalue weighted by atomic mass is 16.3. The van der Waals surface area contributed by atoms with Crippen molar-refractivity contribution in [1.82, 2.24) is 5.32 Å². The average molecular weight is 259 g/mol. The van der Waals surface area contributed by atoms with E-state index in [4.69, 9.17) is 4.42 Å². The molecule has 19 heavy (non-hydrogen) atoms. The van der Waals surface area contributed by atoms with Gasteiger partial charge in [0.05, 0.1) is 0 Å². The van der Waals surface area contributed by atoms with Crippen LogP contribution in [-0.4, -0.2) is 12.6 Å². The van der Waals surface area contributed by atoms with Crippen LogP contribution in [0.25, 0.3) is 11.0 Å². The maximum atomic E-state index is 5.98. The average Bonchev–Trinajstić information content (AvgIpc) is 2.77. The molecular formula is C17H25NO. The summed E-state index contributed by atoms with van der Waals surface area (Å²) >= 11 is 0. The molecule has 2 atom stereocenters. The number of nitrogens with one attached hydrogen (secondary N) is 1. The third kappa shape index (κ3) is 3.38. The summed E-state index contributed by atoms with van der Waals surface area (Å²) in [6.07, 6.45) is 0. The van der Waals surface area contributed by atoms with Crippen LogP contribution in [0.3, 0.4) is 0 Å². The van der Waals surface area contributed by atoms with Crippen molar-refractivity contribution in [3.63, 3.8) is 0 Å². The molecule has 2 aromatic rings. The zero-order chi connectivity index (χ0) is 14.0. The number of fused-ring (bicyclic) bond motifs is 1. The molecule has 0 radical (unpaired) electrons. The van der Waals surface area contributed by atoms with E-state index in [1.807, 2.05) is 0 Å². The van der Waals surface area contributed by atoms with Crippen molar-refractivity contribution in [2.24, 2.45) is 5.92 Å². The van der Waals surface area contributed by atoms with E-state index in [0.717, 1.165) is 17.9 Å². The smallest absolute Gasteiger partial charge is 0.134 e. The van der Waals surface area contributed by atoms with Crippen LogP contribution in [0.15, 0.2) is 28.7 Å². The Hall–Kier alpha value is -1.28. The van der Waals surface area contributed by atoms with Gasteiger partial charge in [-0.2, -0.15) is 0 Å². The van der Waals surface area contributed by atoms with Crippen LogP contribution in [0, 0.1) is 12.8 Å². The summed E-state index contributed by atoms with van der Waals surface area (Å²) in [5.74, 6) is 2.08. The lowest BCUT2D eigenvalue weighted by atomic mass is 9.93. The van der Waals surface area contributed by atoms with Crippen molar-refractivity contribution in [3.8, 4) is 0 Å². The van der Waals surface area contributed by atoms with Crippen LogP contribution in [-0.2, 0) is 0 Å². The van der Waals surface area contributed by atoms with E-state index < -0.39 is 0 Å². The summed E-state index contributed by atoms with van der Waals surface area (Å²) in [7, 11) is 0. The Morgan fingerprint density at radius 3 is 2.53 bits per heavy atom. The Bertz CT molecular complexity index is 541. The highest BCUT2D eigenvalue weighted by Crippen LogP contribution is 2.30. The SMILES string of the molecule is Cc1ccc2oc(C(C)C(C)CNC(C)C)cc2c1. The molecule has 0 aliphatic heterocycles. The number of hydrogen-bond donors (Lipinski definition) is 1. The minimum absolute atomic E-state index is 0.430. The third-order valence-corrected chi connectivity index (χ3v) is 3.84. The van der Waals surface area contributed by atoms with Crippen LogP contribution >= 0.6 is 0 Å². The Morgan fingerprint density at radius 2 is 1.84 bits per heavy atom. The van der Waals surface area contributed by atoms with Gasteiger partial charge in [0.25, 0.3) is 0 Å². The standard InChI is InChI=1S/C17H25NO/c1-11(2)18-10-13(4)14(5)17-9-15-8-12(3)6-7-16(15)19-17/h6-9,11,13-14,18H,10H2,1-5H3. The summed E-state index contributed by atoms with van der Waals surface area (Å²) in [6.45, 7) is 12.0. The first-order valence-corrected chi connectivity index (χ1v) is 7.21. The molecule has 0 amide bonds. The van der Waals surface area contributed by atoms with Crippen molar-refractivity contribution in [2.75, 3.05) is 6.54 Å². The van der Waals surface area contributed by atoms with Crippen LogP contribution < -0.4 is 5.32 Å². The molecule has 1 heterocycles. The first kappa shape index (κ1) is 14.1. The van der Waals surface area contributed by atoms with Gasteiger partial charge >= 0.3 is 0 Å². The van der Waals surface area contributed by atoms with Crippen LogP contribution in [0.4, 0.5) is 0 Å². The predicted molar refractivity (Wildman–Crippen MR) is 81.7 cm³/mol. The van der Waals surface area contributed by atoms with E-state index in [0.29, 0.717) is 17.9 Å². The van der Waals surface area contributed by atoms with Gasteiger partial charge in [-0.1, -0.05) is 39.3 Å². The van der Waals surface area contributed by atoms with E-state index in [1.54, 1.807) is 0 Å². The van der Waals surface area contributed by atoms with E-state index in [2.05, 4.69) is 64.2 Å². The molecule has 2 unspecified atom stereocenters. The largest absolute Gasteiger partial charge is 0.461 e. The fraction of sp³-hybridized carbons (Fsp3) is 0.529. The molecule has 1 N–H and O–H groups in total. The summed E-state index contributed by atoms with van der Waals surface area (Å²) in [4.78, 5) is 0. The normalized spacial score (nSPS) is 15.1. The molecule has 0 spiro atoms. The second kappa shape index (κ2) is 5.79. The van der Waals surface area contributed by atoms with E-state index in [-0.39, 0.29) is 0 Å². The molecular weight excluding hydrogens is 234 g/mol. The minimum atomic E-state index is 0.430. The number of rotatable bonds is 5. The van der Waals surface area contributed by atoms with Crippen molar-refractivity contribution >= 4 is 11.0 Å². The predicted octanol–water partition coefficient (Wildman–Crippen LogP) is 4.48. The lowest BCUT2D eigenvalue weighted by molar-refractivity contribution is 0.380. The van der Waals surface area contributed by atoms with E-state index in [1.165, 1.54) is 10.9 Å². The van der Waals surface area contributed by atoms with Gasteiger partial charge in [0.1, 0.15) is 11.3 Å². The lowest BCUT2D eigenvalue weighted by Gasteiger charge is -2.19. The van der Waals surface area contributed by atoms with Gasteiger partial charge in [-0.05, 0) is 37.6 Å². The molecule has 2 heteroatoms.